The Hall–Kier alpha value is -1.62. The summed E-state index contributed by atoms with van der Waals surface area (Å²) in [7, 11) is -3.85. The van der Waals surface area contributed by atoms with Gasteiger partial charge in [-0.3, -0.25) is 0 Å². The van der Waals surface area contributed by atoms with Crippen molar-refractivity contribution in [1.82, 2.24) is 4.72 Å². The molecule has 10 heteroatoms. The Morgan fingerprint density at radius 3 is 2.38 bits per heavy atom. The number of ether oxygens (including phenoxy) is 1. The number of halogens is 3. The van der Waals surface area contributed by atoms with Crippen LogP contribution in [-0.2, 0) is 10.0 Å². The van der Waals surface area contributed by atoms with Crippen molar-refractivity contribution in [2.45, 2.75) is 30.0 Å². The molecule has 0 aliphatic carbocycles. The second kappa shape index (κ2) is 8.85. The first kappa shape index (κ1) is 20.7. The molecule has 5 nitrogen and oxygen atoms in total. The van der Waals surface area contributed by atoms with E-state index in [4.69, 9.17) is 5.11 Å². The van der Waals surface area contributed by atoms with Gasteiger partial charge in [-0.2, -0.15) is 11.3 Å². The second-order valence-electron chi connectivity index (χ2n) is 5.47. The van der Waals surface area contributed by atoms with Gasteiger partial charge >= 0.3 is 6.36 Å². The van der Waals surface area contributed by atoms with Gasteiger partial charge in [0.15, 0.2) is 0 Å². The zero-order valence-corrected chi connectivity index (χ0v) is 15.2. The van der Waals surface area contributed by atoms with Gasteiger partial charge in [0, 0.05) is 13.2 Å². The van der Waals surface area contributed by atoms with Gasteiger partial charge in [-0.1, -0.05) is 0 Å². The van der Waals surface area contributed by atoms with Crippen LogP contribution in [0.2, 0.25) is 0 Å². The minimum absolute atomic E-state index is 0.00602. The summed E-state index contributed by atoms with van der Waals surface area (Å²) in [5.74, 6) is -0.464. The van der Waals surface area contributed by atoms with E-state index in [1.54, 1.807) is 0 Å². The van der Waals surface area contributed by atoms with Crippen molar-refractivity contribution in [2.75, 3.05) is 13.2 Å². The van der Waals surface area contributed by atoms with Gasteiger partial charge in [0.05, 0.1) is 4.90 Å². The van der Waals surface area contributed by atoms with Crippen molar-refractivity contribution in [3.8, 4) is 5.75 Å². The fraction of sp³-hybridized carbons (Fsp3) is 0.375. The normalized spacial score (nSPS) is 13.5. The van der Waals surface area contributed by atoms with Crippen LogP contribution in [0.3, 0.4) is 0 Å². The number of hydrogen-bond donors (Lipinski definition) is 2. The minimum Gasteiger partial charge on any atom is -0.406 e. The van der Waals surface area contributed by atoms with Crippen molar-refractivity contribution in [1.29, 1.82) is 0 Å². The first-order valence-corrected chi connectivity index (χ1v) is 10.1. The summed E-state index contributed by atoms with van der Waals surface area (Å²) in [6.45, 7) is 0.136. The number of sulfonamides is 1. The molecule has 144 valence electrons. The number of thiophene rings is 1. The summed E-state index contributed by atoms with van der Waals surface area (Å²) in [4.78, 5) is -0.152. The van der Waals surface area contributed by atoms with Crippen LogP contribution in [0.25, 0.3) is 0 Å². The molecule has 1 aromatic carbocycles. The predicted octanol–water partition coefficient (Wildman–Crippen LogP) is 3.48. The molecule has 2 aromatic rings. The number of nitrogens with one attached hydrogen (secondary N) is 1. The van der Waals surface area contributed by atoms with Crippen LogP contribution in [0.15, 0.2) is 46.0 Å². The van der Waals surface area contributed by atoms with Crippen LogP contribution in [-0.4, -0.2) is 33.0 Å². The fourth-order valence-electron chi connectivity index (χ4n) is 2.41. The van der Waals surface area contributed by atoms with Crippen LogP contribution in [0.1, 0.15) is 24.3 Å². The number of rotatable bonds is 9. The Bertz CT molecular complexity index is 775. The van der Waals surface area contributed by atoms with E-state index < -0.39 is 22.1 Å². The van der Waals surface area contributed by atoms with E-state index >= 15 is 0 Å². The highest BCUT2D eigenvalue weighted by molar-refractivity contribution is 7.89. The maximum absolute atomic E-state index is 12.2. The van der Waals surface area contributed by atoms with Gasteiger partial charge in [0.2, 0.25) is 10.0 Å². The molecule has 1 atom stereocenters. The first-order valence-electron chi connectivity index (χ1n) is 7.70. The Labute approximate surface area is 153 Å². The molecule has 2 rings (SSSR count). The molecule has 26 heavy (non-hydrogen) atoms. The second-order valence-corrected chi connectivity index (χ2v) is 8.02. The van der Waals surface area contributed by atoms with E-state index in [0.29, 0.717) is 12.8 Å². The fourth-order valence-corrected chi connectivity index (χ4v) is 4.20. The molecule has 1 aromatic heterocycles. The quantitative estimate of drug-likeness (QED) is 0.665. The Balaban J connectivity index is 1.95. The third-order valence-corrected chi connectivity index (χ3v) is 5.82. The lowest BCUT2D eigenvalue weighted by Crippen LogP contribution is -2.26. The van der Waals surface area contributed by atoms with Crippen molar-refractivity contribution in [3.05, 3.63) is 46.7 Å². The molecule has 0 amide bonds. The maximum Gasteiger partial charge on any atom is 0.573 e. The third kappa shape index (κ3) is 6.27. The van der Waals surface area contributed by atoms with Crippen molar-refractivity contribution in [3.63, 3.8) is 0 Å². The zero-order chi connectivity index (χ0) is 19.2. The number of aliphatic hydroxyl groups excluding tert-OH is 1. The molecule has 2 N–H and O–H groups in total. The summed E-state index contributed by atoms with van der Waals surface area (Å²) in [5, 5.41) is 13.0. The predicted molar refractivity (Wildman–Crippen MR) is 91.7 cm³/mol. The molecule has 0 saturated heterocycles. The first-order chi connectivity index (χ1) is 12.2. The molecule has 0 aliphatic heterocycles. The van der Waals surface area contributed by atoms with Gasteiger partial charge < -0.3 is 9.84 Å². The average Bonchev–Trinajstić information content (AvgIpc) is 3.07. The highest BCUT2D eigenvalue weighted by Gasteiger charge is 2.31. The van der Waals surface area contributed by atoms with Crippen molar-refractivity contribution < 1.29 is 31.4 Å². The molecule has 0 fully saturated rings. The summed E-state index contributed by atoms with van der Waals surface area (Å²) < 4.78 is 67.0. The van der Waals surface area contributed by atoms with Crippen molar-refractivity contribution >= 4 is 21.4 Å². The van der Waals surface area contributed by atoms with Gasteiger partial charge in [0.1, 0.15) is 5.75 Å². The van der Waals surface area contributed by atoms with E-state index in [0.717, 1.165) is 29.8 Å². The molecular formula is C16H18F3NO4S2. The molecule has 0 radical (unpaired) electrons. The molecule has 0 bridgehead atoms. The van der Waals surface area contributed by atoms with Crippen LogP contribution in [0.4, 0.5) is 13.2 Å². The summed E-state index contributed by atoms with van der Waals surface area (Å²) in [6.07, 6.45) is -3.82. The largest absolute Gasteiger partial charge is 0.573 e. The highest BCUT2D eigenvalue weighted by Crippen LogP contribution is 2.26. The topological polar surface area (TPSA) is 75.6 Å². The lowest BCUT2D eigenvalue weighted by atomic mass is 9.95. The molecule has 0 saturated carbocycles. The standard InChI is InChI=1S/C16H18F3NO4S2/c17-16(18,19)24-14-1-3-15(4-2-14)26(22,23)20-8-5-12(6-9-21)13-7-10-25-11-13/h1-4,7,10-12,20-21H,5-6,8-9H2/t12-/m1/s1. The summed E-state index contributed by atoms with van der Waals surface area (Å²) in [6, 6.07) is 5.92. The van der Waals surface area contributed by atoms with E-state index in [1.165, 1.54) is 11.3 Å². The van der Waals surface area contributed by atoms with Crippen LogP contribution >= 0.6 is 11.3 Å². The highest BCUT2D eigenvalue weighted by atomic mass is 32.2. The molecule has 0 aliphatic rings. The van der Waals surface area contributed by atoms with Gasteiger partial charge in [-0.05, 0) is 65.4 Å². The van der Waals surface area contributed by atoms with Crippen LogP contribution in [0, 0.1) is 0 Å². The maximum atomic E-state index is 12.2. The third-order valence-electron chi connectivity index (χ3n) is 3.64. The zero-order valence-electron chi connectivity index (χ0n) is 13.6. The van der Waals surface area contributed by atoms with E-state index in [-0.39, 0.29) is 24.0 Å². The molecular weight excluding hydrogens is 391 g/mol. The minimum atomic E-state index is -4.83. The van der Waals surface area contributed by atoms with Crippen LogP contribution < -0.4 is 9.46 Å². The van der Waals surface area contributed by atoms with Gasteiger partial charge in [-0.15, -0.1) is 13.2 Å². The molecule has 0 spiro atoms. The number of benzene rings is 1. The summed E-state index contributed by atoms with van der Waals surface area (Å²) >= 11 is 1.52. The molecule has 0 unspecified atom stereocenters. The number of hydrogen-bond acceptors (Lipinski definition) is 5. The summed E-state index contributed by atoms with van der Waals surface area (Å²) in [5.41, 5.74) is 1.04. The lowest BCUT2D eigenvalue weighted by molar-refractivity contribution is -0.274. The number of alkyl halides is 3. The van der Waals surface area contributed by atoms with E-state index in [2.05, 4.69) is 9.46 Å². The monoisotopic (exact) mass is 409 g/mol. The van der Waals surface area contributed by atoms with Gasteiger partial charge in [-0.25, -0.2) is 13.1 Å². The smallest absolute Gasteiger partial charge is 0.406 e. The van der Waals surface area contributed by atoms with E-state index in [1.807, 2.05) is 16.8 Å². The van der Waals surface area contributed by atoms with Gasteiger partial charge in [0.25, 0.3) is 0 Å². The lowest BCUT2D eigenvalue weighted by Gasteiger charge is -2.15. The van der Waals surface area contributed by atoms with Crippen molar-refractivity contribution in [2.24, 2.45) is 0 Å². The average molecular weight is 409 g/mol. The van der Waals surface area contributed by atoms with E-state index in [9.17, 15) is 21.6 Å². The Morgan fingerprint density at radius 1 is 1.15 bits per heavy atom. The van der Waals surface area contributed by atoms with Crippen LogP contribution in [0.5, 0.6) is 5.75 Å². The Morgan fingerprint density at radius 2 is 1.85 bits per heavy atom. The Kier molecular flexibility index (Phi) is 7.04. The molecule has 1 heterocycles. The SMILES string of the molecule is O=S(=O)(NCC[C@H](CCO)c1ccsc1)c1ccc(OC(F)(F)F)cc1. The number of aliphatic hydroxyl groups is 1.